The van der Waals surface area contributed by atoms with Gasteiger partial charge in [-0.25, -0.2) is 4.79 Å². The van der Waals surface area contributed by atoms with E-state index < -0.39 is 0 Å². The molecule has 3 rings (SSSR count). The summed E-state index contributed by atoms with van der Waals surface area (Å²) in [4.78, 5) is 18.6. The van der Waals surface area contributed by atoms with E-state index in [1.165, 1.54) is 5.56 Å². The number of hydrogen-bond acceptors (Lipinski definition) is 3. The first kappa shape index (κ1) is 15.6. The maximum absolute atomic E-state index is 12.7. The summed E-state index contributed by atoms with van der Waals surface area (Å²) in [7, 11) is 0. The Bertz CT molecular complexity index is 623. The first-order chi connectivity index (χ1) is 11.2. The quantitative estimate of drug-likeness (QED) is 0.884. The minimum atomic E-state index is -0.0475. The van der Waals surface area contributed by atoms with Crippen LogP contribution < -0.4 is 5.32 Å². The van der Waals surface area contributed by atoms with Crippen LogP contribution in [-0.2, 0) is 0 Å². The van der Waals surface area contributed by atoms with Crippen LogP contribution in [0.3, 0.4) is 0 Å². The molecular formula is C18H23N3O2. The van der Waals surface area contributed by atoms with Gasteiger partial charge in [0.15, 0.2) is 0 Å². The van der Waals surface area contributed by atoms with Crippen molar-refractivity contribution >= 4 is 6.03 Å². The largest absolute Gasteiger partial charge is 0.467 e. The van der Waals surface area contributed by atoms with E-state index in [0.717, 1.165) is 18.6 Å². The van der Waals surface area contributed by atoms with Crippen LogP contribution in [0, 0.1) is 0 Å². The van der Waals surface area contributed by atoms with E-state index >= 15 is 0 Å². The minimum Gasteiger partial charge on any atom is -0.467 e. The molecule has 122 valence electrons. The standard InChI is InChI=1S/C18H23N3O2/c1-13(15-7-9-19-10-8-15)12-20-18(22)21(16-5-6-16)14(2)17-4-3-11-23-17/h3-4,7-11,13-14,16H,5-6,12H2,1-2H3,(H,20,22)/t13-,14-/m1/s1. The minimum absolute atomic E-state index is 0.0164. The number of carbonyl (C=O) groups excluding carboxylic acids is 1. The highest BCUT2D eigenvalue weighted by atomic mass is 16.3. The summed E-state index contributed by atoms with van der Waals surface area (Å²) in [5.41, 5.74) is 1.18. The van der Waals surface area contributed by atoms with Gasteiger partial charge in [-0.3, -0.25) is 4.98 Å². The van der Waals surface area contributed by atoms with Gasteiger partial charge in [-0.2, -0.15) is 0 Å². The van der Waals surface area contributed by atoms with Crippen molar-refractivity contribution in [1.82, 2.24) is 15.2 Å². The lowest BCUT2D eigenvalue weighted by Crippen LogP contribution is -2.43. The summed E-state index contributed by atoms with van der Waals surface area (Å²) < 4.78 is 5.47. The molecule has 1 aliphatic rings. The highest BCUT2D eigenvalue weighted by Gasteiger charge is 2.37. The van der Waals surface area contributed by atoms with Crippen molar-refractivity contribution in [1.29, 1.82) is 0 Å². The lowest BCUT2D eigenvalue weighted by atomic mass is 10.0. The van der Waals surface area contributed by atoms with Gasteiger partial charge in [0.2, 0.25) is 0 Å². The van der Waals surface area contributed by atoms with Crippen LogP contribution >= 0.6 is 0 Å². The number of carbonyl (C=O) groups is 1. The first-order valence-corrected chi connectivity index (χ1v) is 8.16. The van der Waals surface area contributed by atoms with Crippen LogP contribution in [0.15, 0.2) is 47.3 Å². The topological polar surface area (TPSA) is 58.4 Å². The molecule has 0 aromatic carbocycles. The Kier molecular flexibility index (Phi) is 4.65. The Morgan fingerprint density at radius 1 is 1.35 bits per heavy atom. The summed E-state index contributed by atoms with van der Waals surface area (Å²) in [5, 5.41) is 3.07. The highest BCUT2D eigenvalue weighted by Crippen LogP contribution is 2.34. The number of pyridine rings is 1. The number of hydrogen-bond donors (Lipinski definition) is 1. The number of nitrogens with zero attached hydrogens (tertiary/aromatic N) is 2. The number of amides is 2. The second-order valence-electron chi connectivity index (χ2n) is 6.20. The summed E-state index contributed by atoms with van der Waals surface area (Å²) in [6.45, 7) is 4.73. The molecule has 0 aliphatic heterocycles. The van der Waals surface area contributed by atoms with Gasteiger partial charge in [0.1, 0.15) is 5.76 Å². The molecule has 2 aromatic heterocycles. The van der Waals surface area contributed by atoms with Gasteiger partial charge in [-0.05, 0) is 55.5 Å². The lowest BCUT2D eigenvalue weighted by Gasteiger charge is -2.28. The molecule has 0 bridgehead atoms. The highest BCUT2D eigenvalue weighted by molar-refractivity contribution is 5.75. The Labute approximate surface area is 136 Å². The van der Waals surface area contributed by atoms with Crippen molar-refractivity contribution < 1.29 is 9.21 Å². The van der Waals surface area contributed by atoms with Gasteiger partial charge in [-0.1, -0.05) is 6.92 Å². The van der Waals surface area contributed by atoms with E-state index in [-0.39, 0.29) is 18.0 Å². The maximum Gasteiger partial charge on any atom is 0.318 e. The van der Waals surface area contributed by atoms with Gasteiger partial charge in [0, 0.05) is 25.0 Å². The summed E-state index contributed by atoms with van der Waals surface area (Å²) in [6, 6.07) is 8.02. The molecular weight excluding hydrogens is 290 g/mol. The zero-order valence-electron chi connectivity index (χ0n) is 13.6. The van der Waals surface area contributed by atoms with Gasteiger partial charge < -0.3 is 14.6 Å². The van der Waals surface area contributed by atoms with Gasteiger partial charge in [0.25, 0.3) is 0 Å². The third-order valence-corrected chi connectivity index (χ3v) is 4.38. The second-order valence-corrected chi connectivity index (χ2v) is 6.20. The Morgan fingerprint density at radius 3 is 2.70 bits per heavy atom. The molecule has 23 heavy (non-hydrogen) atoms. The average molecular weight is 313 g/mol. The number of nitrogens with one attached hydrogen (secondary N) is 1. The fourth-order valence-corrected chi connectivity index (χ4v) is 2.82. The fraction of sp³-hybridized carbons (Fsp3) is 0.444. The maximum atomic E-state index is 12.7. The molecule has 2 atom stereocenters. The smallest absolute Gasteiger partial charge is 0.318 e. The average Bonchev–Trinajstić information content (AvgIpc) is 3.25. The predicted octanol–water partition coefficient (Wildman–Crippen LogP) is 3.71. The molecule has 0 spiro atoms. The van der Waals surface area contributed by atoms with Crippen molar-refractivity contribution in [3.63, 3.8) is 0 Å². The monoisotopic (exact) mass is 313 g/mol. The van der Waals surface area contributed by atoms with Crippen LogP contribution in [0.1, 0.15) is 50.0 Å². The van der Waals surface area contributed by atoms with Crippen molar-refractivity contribution in [2.75, 3.05) is 6.54 Å². The molecule has 0 unspecified atom stereocenters. The third-order valence-electron chi connectivity index (χ3n) is 4.38. The second kappa shape index (κ2) is 6.86. The van der Waals surface area contributed by atoms with E-state index in [9.17, 15) is 4.79 Å². The van der Waals surface area contributed by atoms with Crippen LogP contribution in [0.2, 0.25) is 0 Å². The number of aromatic nitrogens is 1. The molecule has 2 heterocycles. The Hall–Kier alpha value is -2.30. The van der Waals surface area contributed by atoms with Gasteiger partial charge in [0.05, 0.1) is 12.3 Å². The van der Waals surface area contributed by atoms with E-state index in [1.807, 2.05) is 36.1 Å². The summed E-state index contributed by atoms with van der Waals surface area (Å²) in [5.74, 6) is 1.08. The molecule has 2 aromatic rings. The van der Waals surface area contributed by atoms with Crippen LogP contribution in [0.4, 0.5) is 4.79 Å². The number of rotatable bonds is 6. The molecule has 0 radical (unpaired) electrons. The predicted molar refractivity (Wildman–Crippen MR) is 88.0 cm³/mol. The van der Waals surface area contributed by atoms with E-state index in [0.29, 0.717) is 12.6 Å². The third kappa shape index (κ3) is 3.73. The van der Waals surface area contributed by atoms with Crippen molar-refractivity contribution in [3.05, 3.63) is 54.2 Å². The normalized spacial score (nSPS) is 16.6. The zero-order chi connectivity index (χ0) is 16.2. The first-order valence-electron chi connectivity index (χ1n) is 8.16. The van der Waals surface area contributed by atoms with E-state index in [1.54, 1.807) is 18.7 Å². The number of furan rings is 1. The van der Waals surface area contributed by atoms with Crippen molar-refractivity contribution in [3.8, 4) is 0 Å². The molecule has 5 nitrogen and oxygen atoms in total. The summed E-state index contributed by atoms with van der Waals surface area (Å²) in [6.07, 6.45) is 7.35. The zero-order valence-corrected chi connectivity index (χ0v) is 13.6. The molecule has 1 N–H and O–H groups in total. The molecule has 1 aliphatic carbocycles. The molecule has 0 saturated heterocycles. The van der Waals surface area contributed by atoms with E-state index in [4.69, 9.17) is 4.42 Å². The number of urea groups is 1. The van der Waals surface area contributed by atoms with Crippen LogP contribution in [0.5, 0.6) is 0 Å². The van der Waals surface area contributed by atoms with Gasteiger partial charge >= 0.3 is 6.03 Å². The Morgan fingerprint density at radius 2 is 2.09 bits per heavy atom. The fourth-order valence-electron chi connectivity index (χ4n) is 2.82. The van der Waals surface area contributed by atoms with Crippen LogP contribution in [0.25, 0.3) is 0 Å². The molecule has 5 heteroatoms. The van der Waals surface area contributed by atoms with Crippen LogP contribution in [-0.4, -0.2) is 28.5 Å². The van der Waals surface area contributed by atoms with Gasteiger partial charge in [-0.15, -0.1) is 0 Å². The SMILES string of the molecule is C[C@H](CNC(=O)N(C1CC1)[C@H](C)c1ccco1)c1ccncc1. The van der Waals surface area contributed by atoms with Crippen molar-refractivity contribution in [2.45, 2.75) is 44.7 Å². The van der Waals surface area contributed by atoms with Crippen molar-refractivity contribution in [2.24, 2.45) is 0 Å². The summed E-state index contributed by atoms with van der Waals surface area (Å²) >= 11 is 0. The molecule has 2 amide bonds. The molecule has 1 saturated carbocycles. The lowest BCUT2D eigenvalue weighted by molar-refractivity contribution is 0.166. The Balaban J connectivity index is 1.61. The van der Waals surface area contributed by atoms with E-state index in [2.05, 4.69) is 17.2 Å². The molecule has 1 fully saturated rings.